The number of pyridine rings is 1. The predicted octanol–water partition coefficient (Wildman–Crippen LogP) is 2.41. The fourth-order valence-corrected chi connectivity index (χ4v) is 4.33. The van der Waals surface area contributed by atoms with Crippen molar-refractivity contribution in [1.82, 2.24) is 19.9 Å². The van der Waals surface area contributed by atoms with Crippen LogP contribution >= 0.6 is 0 Å². The first kappa shape index (κ1) is 18.3. The second-order valence-corrected chi connectivity index (χ2v) is 7.85. The summed E-state index contributed by atoms with van der Waals surface area (Å²) in [6, 6.07) is 9.62. The molecule has 3 aromatic heterocycles. The van der Waals surface area contributed by atoms with E-state index in [1.54, 1.807) is 34.9 Å². The van der Waals surface area contributed by atoms with Crippen molar-refractivity contribution in [2.75, 3.05) is 18.5 Å². The van der Waals surface area contributed by atoms with Crippen molar-refractivity contribution in [2.45, 2.75) is 19.3 Å². The van der Waals surface area contributed by atoms with Crippen LogP contribution in [0.3, 0.4) is 0 Å². The van der Waals surface area contributed by atoms with Crippen LogP contribution in [0.15, 0.2) is 42.9 Å². The van der Waals surface area contributed by atoms with Gasteiger partial charge in [0.2, 0.25) is 5.91 Å². The molecule has 0 unspecified atom stereocenters. The van der Waals surface area contributed by atoms with Crippen LogP contribution in [0.25, 0.3) is 16.6 Å². The molecule has 0 spiro atoms. The molecule has 1 atom stereocenters. The van der Waals surface area contributed by atoms with Crippen LogP contribution in [0.2, 0.25) is 0 Å². The van der Waals surface area contributed by atoms with Gasteiger partial charge >= 0.3 is 0 Å². The Bertz CT molecular complexity index is 1200. The molecule has 0 radical (unpaired) electrons. The van der Waals surface area contributed by atoms with Crippen LogP contribution in [0, 0.1) is 22.7 Å². The first-order valence-electron chi connectivity index (χ1n) is 9.96. The van der Waals surface area contributed by atoms with Crippen LogP contribution in [0.1, 0.15) is 29.8 Å². The molecule has 5 rings (SSSR count). The second-order valence-electron chi connectivity index (χ2n) is 7.85. The van der Waals surface area contributed by atoms with Gasteiger partial charge in [-0.2, -0.15) is 10.4 Å². The smallest absolute Gasteiger partial charge is 0.269 e. The van der Waals surface area contributed by atoms with E-state index in [0.29, 0.717) is 18.7 Å². The van der Waals surface area contributed by atoms with Gasteiger partial charge in [-0.05, 0) is 43.4 Å². The number of fused-ring (bicyclic) bond motifs is 1. The molecule has 30 heavy (non-hydrogen) atoms. The topological polar surface area (TPSA) is 103 Å². The molecule has 2 aliphatic rings. The highest BCUT2D eigenvalue weighted by atomic mass is 16.2. The summed E-state index contributed by atoms with van der Waals surface area (Å²) >= 11 is 0. The third kappa shape index (κ3) is 2.66. The van der Waals surface area contributed by atoms with Crippen molar-refractivity contribution in [1.29, 1.82) is 5.26 Å². The molecule has 0 aromatic carbocycles. The van der Waals surface area contributed by atoms with Crippen molar-refractivity contribution < 1.29 is 9.59 Å². The molecular formula is C22H20N6O2. The largest absolute Gasteiger partial charge is 0.354 e. The molecule has 1 N–H and O–H groups in total. The van der Waals surface area contributed by atoms with Gasteiger partial charge in [0.05, 0.1) is 17.3 Å². The summed E-state index contributed by atoms with van der Waals surface area (Å²) in [4.78, 5) is 30.9. The number of hydrogen-bond donors (Lipinski definition) is 1. The Morgan fingerprint density at radius 2 is 2.13 bits per heavy atom. The summed E-state index contributed by atoms with van der Waals surface area (Å²) in [5.74, 6) is -0.151. The van der Waals surface area contributed by atoms with E-state index >= 15 is 0 Å². The third-order valence-electron chi connectivity index (χ3n) is 6.16. The number of carbonyl (C=O) groups is 2. The van der Waals surface area contributed by atoms with Gasteiger partial charge in [-0.15, -0.1) is 0 Å². The van der Waals surface area contributed by atoms with Crippen molar-refractivity contribution >= 4 is 23.0 Å². The van der Waals surface area contributed by atoms with E-state index in [0.717, 1.165) is 35.2 Å². The van der Waals surface area contributed by atoms with E-state index in [9.17, 15) is 14.9 Å². The fraction of sp³-hybridized carbons (Fsp3) is 0.318. The number of rotatable bonds is 4. The molecule has 8 nitrogen and oxygen atoms in total. The van der Waals surface area contributed by atoms with Crippen molar-refractivity contribution in [2.24, 2.45) is 11.3 Å². The minimum absolute atomic E-state index is 0.0973. The highest BCUT2D eigenvalue weighted by Crippen LogP contribution is 2.52. The Morgan fingerprint density at radius 1 is 1.30 bits per heavy atom. The Balaban J connectivity index is 1.51. The van der Waals surface area contributed by atoms with Gasteiger partial charge in [0.1, 0.15) is 11.1 Å². The zero-order valence-electron chi connectivity index (χ0n) is 16.5. The van der Waals surface area contributed by atoms with Gasteiger partial charge in [-0.3, -0.25) is 14.6 Å². The standard InChI is InChI=1S/C22H20N6O2/c1-24-20(29)17-5-2-14(11-25-17)15-10-19-18(6-8-26-28(19)12-15)27-9-7-22(13-23,21(27)30)16-3-4-16/h2,5-6,8,10-12,16H,3-4,7,9H2,1H3,(H,24,29)/t22-/m1/s1. The summed E-state index contributed by atoms with van der Waals surface area (Å²) in [5.41, 5.74) is 2.74. The molecule has 8 heteroatoms. The van der Waals surface area contributed by atoms with Gasteiger partial charge < -0.3 is 10.2 Å². The molecule has 2 fully saturated rings. The lowest BCUT2D eigenvalue weighted by Gasteiger charge is -2.21. The number of amides is 2. The summed E-state index contributed by atoms with van der Waals surface area (Å²) in [6.07, 6.45) is 7.65. The SMILES string of the molecule is CNC(=O)c1ccc(-c2cc3c(N4CC[C@@](C#N)(C5CC5)C4=O)ccnn3c2)cn1. The summed E-state index contributed by atoms with van der Waals surface area (Å²) in [5, 5.41) is 16.7. The third-order valence-corrected chi connectivity index (χ3v) is 6.16. The van der Waals surface area contributed by atoms with Gasteiger partial charge in [-0.1, -0.05) is 6.07 Å². The highest BCUT2D eigenvalue weighted by Gasteiger charge is 2.56. The number of carbonyl (C=O) groups excluding carboxylic acids is 2. The van der Waals surface area contributed by atoms with Gasteiger partial charge in [-0.25, -0.2) is 4.52 Å². The number of anilines is 1. The summed E-state index contributed by atoms with van der Waals surface area (Å²) < 4.78 is 1.73. The zero-order chi connectivity index (χ0) is 20.9. The van der Waals surface area contributed by atoms with Crippen LogP contribution in [0.5, 0.6) is 0 Å². The van der Waals surface area contributed by atoms with Crippen molar-refractivity contribution in [3.63, 3.8) is 0 Å². The highest BCUT2D eigenvalue weighted by molar-refractivity contribution is 6.05. The first-order chi connectivity index (χ1) is 14.6. The molecule has 1 saturated carbocycles. The average Bonchev–Trinajstić information content (AvgIpc) is 3.45. The van der Waals surface area contributed by atoms with E-state index in [1.165, 1.54) is 0 Å². The summed E-state index contributed by atoms with van der Waals surface area (Å²) in [6.45, 7) is 0.533. The van der Waals surface area contributed by atoms with E-state index < -0.39 is 5.41 Å². The molecule has 150 valence electrons. The number of nitrogens with one attached hydrogen (secondary N) is 1. The number of nitriles is 1. The molecule has 1 aliphatic carbocycles. The maximum Gasteiger partial charge on any atom is 0.269 e. The lowest BCUT2D eigenvalue weighted by molar-refractivity contribution is -0.123. The average molecular weight is 400 g/mol. The maximum atomic E-state index is 13.2. The van der Waals surface area contributed by atoms with Gasteiger partial charge in [0.25, 0.3) is 5.91 Å². The van der Waals surface area contributed by atoms with Crippen LogP contribution in [-0.2, 0) is 4.79 Å². The molecule has 1 aliphatic heterocycles. The predicted molar refractivity (Wildman–Crippen MR) is 110 cm³/mol. The van der Waals surface area contributed by atoms with E-state index in [1.807, 2.05) is 24.4 Å². The molecule has 0 bridgehead atoms. The minimum atomic E-state index is -0.880. The van der Waals surface area contributed by atoms with Crippen molar-refractivity contribution in [3.8, 4) is 17.2 Å². The van der Waals surface area contributed by atoms with Crippen molar-refractivity contribution in [3.05, 3.63) is 48.5 Å². The van der Waals surface area contributed by atoms with Gasteiger partial charge in [0, 0.05) is 43.3 Å². The maximum absolute atomic E-state index is 13.2. The van der Waals surface area contributed by atoms with Crippen LogP contribution in [-0.4, -0.2) is 40.0 Å². The molecule has 4 heterocycles. The quantitative estimate of drug-likeness (QED) is 0.724. The van der Waals surface area contributed by atoms with E-state index in [2.05, 4.69) is 21.5 Å². The number of hydrogen-bond acceptors (Lipinski definition) is 5. The van der Waals surface area contributed by atoms with Crippen LogP contribution in [0.4, 0.5) is 5.69 Å². The fourth-order valence-electron chi connectivity index (χ4n) is 4.33. The van der Waals surface area contributed by atoms with Crippen LogP contribution < -0.4 is 10.2 Å². The lowest BCUT2D eigenvalue weighted by Crippen LogP contribution is -2.35. The Hall–Kier alpha value is -3.73. The monoisotopic (exact) mass is 400 g/mol. The molecule has 2 amide bonds. The summed E-state index contributed by atoms with van der Waals surface area (Å²) in [7, 11) is 1.57. The van der Waals surface area contributed by atoms with E-state index in [4.69, 9.17) is 0 Å². The minimum Gasteiger partial charge on any atom is -0.354 e. The molecule has 1 saturated heterocycles. The zero-order valence-corrected chi connectivity index (χ0v) is 16.5. The number of nitrogens with zero attached hydrogens (tertiary/aromatic N) is 5. The Morgan fingerprint density at radius 3 is 2.80 bits per heavy atom. The Labute approximate surface area is 173 Å². The lowest BCUT2D eigenvalue weighted by atomic mass is 9.83. The number of aromatic nitrogens is 3. The normalized spacial score (nSPS) is 21.1. The van der Waals surface area contributed by atoms with E-state index in [-0.39, 0.29) is 17.7 Å². The molecule has 3 aromatic rings. The molecular weight excluding hydrogens is 380 g/mol. The van der Waals surface area contributed by atoms with Gasteiger partial charge in [0.15, 0.2) is 0 Å². The Kier molecular flexibility index (Phi) is 4.07. The second kappa shape index (κ2) is 6.66. The first-order valence-corrected chi connectivity index (χ1v) is 9.96.